The van der Waals surface area contributed by atoms with Crippen molar-refractivity contribution in [3.05, 3.63) is 0 Å². The Hall–Kier alpha value is 0.253. The Bertz CT molecular complexity index is 23.6. The second-order valence-corrected chi connectivity index (χ2v) is 0.387. The fourth-order valence-electron chi connectivity index (χ4n) is 0. The first-order valence-electron chi connectivity index (χ1n) is 1.01. The van der Waals surface area contributed by atoms with Crippen LogP contribution in [0.3, 0.4) is 0 Å². The fourth-order valence-corrected chi connectivity index (χ4v) is 0. The molecule has 5 heavy (non-hydrogen) atoms. The summed E-state index contributed by atoms with van der Waals surface area (Å²) in [6, 6.07) is 0. The molecule has 0 bridgehead atoms. The maximum absolute atomic E-state index is 7.63. The van der Waals surface area contributed by atoms with Crippen molar-refractivity contribution >= 4 is 6.21 Å². The molecule has 0 amide bonds. The number of aliphatic hydroxyl groups excluding tert-OH is 1. The molecule has 2 N–H and O–H groups in total. The van der Waals surface area contributed by atoms with Gasteiger partial charge in [0, 0.05) is 25.7 Å². The average molecular weight is 124 g/mol. The molecule has 0 atom stereocenters. The standard InChI is InChI=1S/C2H5NO.Zn/c3-1-2-4;/h1,3-4H,2H2;. The Morgan fingerprint density at radius 2 is 2.00 bits per heavy atom. The monoisotopic (exact) mass is 123 g/mol. The van der Waals surface area contributed by atoms with Crippen molar-refractivity contribution in [3.63, 3.8) is 0 Å². The molecule has 3 heteroatoms. The average Bonchev–Trinajstić information content (AvgIpc) is 1.37. The predicted molar refractivity (Wildman–Crippen MR) is 15.9 cm³/mol. The van der Waals surface area contributed by atoms with Gasteiger partial charge in [0.05, 0.1) is 6.61 Å². The van der Waals surface area contributed by atoms with Crippen molar-refractivity contribution in [2.24, 2.45) is 0 Å². The zero-order valence-corrected chi connectivity index (χ0v) is 5.91. The van der Waals surface area contributed by atoms with Gasteiger partial charge in [-0.15, -0.1) is 0 Å². The molecule has 0 spiro atoms. The summed E-state index contributed by atoms with van der Waals surface area (Å²) in [5.41, 5.74) is 0. The quantitative estimate of drug-likeness (QED) is 0.363. The zero-order chi connectivity index (χ0) is 3.41. The van der Waals surface area contributed by atoms with Gasteiger partial charge < -0.3 is 10.5 Å². The van der Waals surface area contributed by atoms with Crippen LogP contribution in [0.4, 0.5) is 0 Å². The van der Waals surface area contributed by atoms with E-state index in [2.05, 4.69) is 0 Å². The van der Waals surface area contributed by atoms with Crippen molar-refractivity contribution in [3.8, 4) is 0 Å². The van der Waals surface area contributed by atoms with Crippen LogP contribution in [0.2, 0.25) is 0 Å². The fraction of sp³-hybridized carbons (Fsp3) is 0.500. The first-order chi connectivity index (χ1) is 1.91. The number of hydrogen-bond acceptors (Lipinski definition) is 2. The minimum absolute atomic E-state index is 0. The molecule has 0 heterocycles. The number of hydrogen-bond donors (Lipinski definition) is 2. The van der Waals surface area contributed by atoms with Gasteiger partial charge in [-0.1, -0.05) is 0 Å². The summed E-state index contributed by atoms with van der Waals surface area (Å²) in [5, 5.41) is 13.7. The topological polar surface area (TPSA) is 44.1 Å². The van der Waals surface area contributed by atoms with Crippen LogP contribution in [-0.2, 0) is 19.5 Å². The third-order valence-corrected chi connectivity index (χ3v) is 0.0913. The summed E-state index contributed by atoms with van der Waals surface area (Å²) in [4.78, 5) is 0. The second kappa shape index (κ2) is 8.87. The molecule has 0 aromatic carbocycles. The Morgan fingerprint density at radius 1 is 1.80 bits per heavy atom. The van der Waals surface area contributed by atoms with Gasteiger partial charge in [0.25, 0.3) is 0 Å². The molecule has 0 radical (unpaired) electrons. The van der Waals surface area contributed by atoms with Gasteiger partial charge in [-0.25, -0.2) is 0 Å². The summed E-state index contributed by atoms with van der Waals surface area (Å²) in [5.74, 6) is 0. The van der Waals surface area contributed by atoms with E-state index in [-0.39, 0.29) is 26.1 Å². The van der Waals surface area contributed by atoms with E-state index >= 15 is 0 Å². The minimum Gasteiger partial charge on any atom is -0.391 e. The van der Waals surface area contributed by atoms with Gasteiger partial charge in [0.1, 0.15) is 0 Å². The minimum atomic E-state index is -0.139. The van der Waals surface area contributed by atoms with E-state index in [1.807, 2.05) is 0 Å². The zero-order valence-electron chi connectivity index (χ0n) is 2.94. The SMILES string of the molecule is N=CCO.[Zn]. The summed E-state index contributed by atoms with van der Waals surface area (Å²) < 4.78 is 0. The van der Waals surface area contributed by atoms with Crippen LogP contribution in [0.5, 0.6) is 0 Å². The summed E-state index contributed by atoms with van der Waals surface area (Å²) in [6.07, 6.45) is 0.931. The summed E-state index contributed by atoms with van der Waals surface area (Å²) in [6.45, 7) is -0.139. The van der Waals surface area contributed by atoms with Crippen LogP contribution in [0.1, 0.15) is 0 Å². The van der Waals surface area contributed by atoms with Crippen molar-refractivity contribution in [2.45, 2.75) is 0 Å². The van der Waals surface area contributed by atoms with Gasteiger partial charge in [0.2, 0.25) is 0 Å². The Balaban J connectivity index is 0. The maximum atomic E-state index is 7.63. The molecule has 0 aliphatic carbocycles. The van der Waals surface area contributed by atoms with Gasteiger partial charge in [-0.05, 0) is 0 Å². The van der Waals surface area contributed by atoms with Crippen LogP contribution in [0, 0.1) is 5.41 Å². The van der Waals surface area contributed by atoms with Crippen LogP contribution in [0.15, 0.2) is 0 Å². The molecule has 0 saturated carbocycles. The summed E-state index contributed by atoms with van der Waals surface area (Å²) in [7, 11) is 0. The molecule has 0 saturated heterocycles. The van der Waals surface area contributed by atoms with E-state index in [1.165, 1.54) is 0 Å². The van der Waals surface area contributed by atoms with Crippen LogP contribution in [-0.4, -0.2) is 17.9 Å². The molecule has 0 unspecified atom stereocenters. The van der Waals surface area contributed by atoms with Crippen molar-refractivity contribution in [2.75, 3.05) is 6.61 Å². The van der Waals surface area contributed by atoms with E-state index in [0.717, 1.165) is 6.21 Å². The van der Waals surface area contributed by atoms with Crippen molar-refractivity contribution < 1.29 is 24.6 Å². The van der Waals surface area contributed by atoms with E-state index in [4.69, 9.17) is 10.5 Å². The number of rotatable bonds is 1. The smallest absolute Gasteiger partial charge is 0.0776 e. The molecule has 26 valence electrons. The molecule has 0 rings (SSSR count). The molecular weight excluding hydrogens is 119 g/mol. The molecule has 2 nitrogen and oxygen atoms in total. The Morgan fingerprint density at radius 3 is 2.00 bits per heavy atom. The second-order valence-electron chi connectivity index (χ2n) is 0.387. The Labute approximate surface area is 43.5 Å². The first-order valence-corrected chi connectivity index (χ1v) is 1.01. The van der Waals surface area contributed by atoms with Crippen LogP contribution >= 0.6 is 0 Å². The predicted octanol–water partition coefficient (Wildman–Crippen LogP) is -0.374. The third kappa shape index (κ3) is 13.7. The maximum Gasteiger partial charge on any atom is 0.0776 e. The molecule has 0 fully saturated rings. The van der Waals surface area contributed by atoms with Gasteiger partial charge in [0.15, 0.2) is 0 Å². The molecule has 0 aliphatic heterocycles. The first kappa shape index (κ1) is 8.98. The third-order valence-electron chi connectivity index (χ3n) is 0.0913. The normalized spacial score (nSPS) is 5.00. The van der Waals surface area contributed by atoms with E-state index < -0.39 is 0 Å². The van der Waals surface area contributed by atoms with Gasteiger partial charge >= 0.3 is 0 Å². The largest absolute Gasteiger partial charge is 0.391 e. The number of aliphatic hydroxyl groups is 1. The summed E-state index contributed by atoms with van der Waals surface area (Å²) >= 11 is 0. The van der Waals surface area contributed by atoms with Gasteiger partial charge in [-0.2, -0.15) is 0 Å². The van der Waals surface area contributed by atoms with Crippen LogP contribution in [0.25, 0.3) is 0 Å². The van der Waals surface area contributed by atoms with E-state index in [1.54, 1.807) is 0 Å². The molecule has 0 aromatic rings. The van der Waals surface area contributed by atoms with E-state index in [0.29, 0.717) is 0 Å². The van der Waals surface area contributed by atoms with Gasteiger partial charge in [-0.3, -0.25) is 0 Å². The number of nitrogens with one attached hydrogen (secondary N) is 1. The van der Waals surface area contributed by atoms with Crippen molar-refractivity contribution in [1.29, 1.82) is 5.41 Å². The molecule has 0 aliphatic rings. The van der Waals surface area contributed by atoms with Crippen molar-refractivity contribution in [1.82, 2.24) is 0 Å². The molecular formula is C2H5NOZn. The van der Waals surface area contributed by atoms with Crippen LogP contribution < -0.4 is 0 Å². The molecule has 0 aromatic heterocycles. The van der Waals surface area contributed by atoms with E-state index in [9.17, 15) is 0 Å². The Kier molecular flexibility index (Phi) is 15.9.